The zero-order valence-corrected chi connectivity index (χ0v) is 11.7. The molecule has 0 spiro atoms. The topological polar surface area (TPSA) is 20.2 Å². The minimum Gasteiger partial charge on any atom is -0.392 e. The Kier molecular flexibility index (Phi) is 4.66. The molecule has 1 unspecified atom stereocenters. The third kappa shape index (κ3) is 4.40. The van der Waals surface area contributed by atoms with E-state index in [1.165, 1.54) is 12.1 Å². The van der Waals surface area contributed by atoms with Crippen molar-refractivity contribution in [2.45, 2.75) is 18.9 Å². The van der Waals surface area contributed by atoms with Gasteiger partial charge in [0, 0.05) is 10.5 Å². The fraction of sp³-hybridized carbons (Fsp3) is 0.200. The van der Waals surface area contributed by atoms with Gasteiger partial charge in [0.25, 0.3) is 0 Å². The van der Waals surface area contributed by atoms with Gasteiger partial charge in [-0.25, -0.2) is 8.78 Å². The Hall–Kier alpha value is -1.26. The third-order valence-electron chi connectivity index (χ3n) is 2.75. The van der Waals surface area contributed by atoms with E-state index >= 15 is 0 Å². The van der Waals surface area contributed by atoms with Crippen LogP contribution >= 0.6 is 15.9 Å². The fourth-order valence-electron chi connectivity index (χ4n) is 2.01. The van der Waals surface area contributed by atoms with Crippen LogP contribution in [-0.4, -0.2) is 11.2 Å². The number of hydrogen-bond donors (Lipinski definition) is 1. The first-order valence-corrected chi connectivity index (χ1v) is 6.70. The van der Waals surface area contributed by atoms with Crippen molar-refractivity contribution in [3.8, 4) is 0 Å². The molecule has 0 amide bonds. The second kappa shape index (κ2) is 6.26. The SMILES string of the molecule is OC(Cc1cc(F)cc(F)c1)Cc1cccc(Br)c1. The first-order chi connectivity index (χ1) is 9.02. The molecule has 1 N–H and O–H groups in total. The lowest BCUT2D eigenvalue weighted by Gasteiger charge is -2.11. The highest BCUT2D eigenvalue weighted by atomic mass is 79.9. The van der Waals surface area contributed by atoms with Crippen LogP contribution < -0.4 is 0 Å². The van der Waals surface area contributed by atoms with Gasteiger partial charge in [0.1, 0.15) is 11.6 Å². The number of benzene rings is 2. The number of aliphatic hydroxyl groups is 1. The van der Waals surface area contributed by atoms with Crippen LogP contribution in [0.2, 0.25) is 0 Å². The van der Waals surface area contributed by atoms with Crippen LogP contribution in [0.5, 0.6) is 0 Å². The molecule has 4 heteroatoms. The van der Waals surface area contributed by atoms with E-state index in [-0.39, 0.29) is 6.42 Å². The van der Waals surface area contributed by atoms with Gasteiger partial charge in [0.05, 0.1) is 6.10 Å². The Bertz CT molecular complexity index is 552. The van der Waals surface area contributed by atoms with E-state index in [2.05, 4.69) is 15.9 Å². The van der Waals surface area contributed by atoms with Crippen LogP contribution in [-0.2, 0) is 12.8 Å². The summed E-state index contributed by atoms with van der Waals surface area (Å²) in [5.41, 5.74) is 1.43. The highest BCUT2D eigenvalue weighted by Gasteiger charge is 2.09. The summed E-state index contributed by atoms with van der Waals surface area (Å²) in [6.07, 6.45) is -0.00539. The van der Waals surface area contributed by atoms with Crippen LogP contribution in [0.3, 0.4) is 0 Å². The van der Waals surface area contributed by atoms with Crippen molar-refractivity contribution in [1.82, 2.24) is 0 Å². The number of halogens is 3. The summed E-state index contributed by atoms with van der Waals surface area (Å²) in [7, 11) is 0. The predicted molar refractivity (Wildman–Crippen MR) is 73.9 cm³/mol. The third-order valence-corrected chi connectivity index (χ3v) is 3.25. The van der Waals surface area contributed by atoms with Crippen molar-refractivity contribution in [3.05, 3.63) is 69.7 Å². The lowest BCUT2D eigenvalue weighted by Crippen LogP contribution is -2.14. The lowest BCUT2D eigenvalue weighted by atomic mass is 10.0. The molecule has 0 radical (unpaired) electrons. The van der Waals surface area contributed by atoms with Gasteiger partial charge in [0.2, 0.25) is 0 Å². The molecule has 19 heavy (non-hydrogen) atoms. The summed E-state index contributed by atoms with van der Waals surface area (Å²) in [6.45, 7) is 0. The Balaban J connectivity index is 2.03. The number of rotatable bonds is 4. The molecule has 0 heterocycles. The second-order valence-electron chi connectivity index (χ2n) is 4.47. The van der Waals surface area contributed by atoms with Gasteiger partial charge in [-0.15, -0.1) is 0 Å². The smallest absolute Gasteiger partial charge is 0.126 e. The molecule has 0 saturated carbocycles. The summed E-state index contributed by atoms with van der Waals surface area (Å²) >= 11 is 3.36. The van der Waals surface area contributed by atoms with Crippen LogP contribution in [0.4, 0.5) is 8.78 Å². The minimum absolute atomic E-state index is 0.223. The molecular weight excluding hydrogens is 314 g/mol. The van der Waals surface area contributed by atoms with Crippen LogP contribution in [0.25, 0.3) is 0 Å². The Labute approximate surface area is 119 Å². The molecule has 0 bridgehead atoms. The van der Waals surface area contributed by atoms with E-state index in [0.717, 1.165) is 16.1 Å². The molecule has 2 aromatic carbocycles. The summed E-state index contributed by atoms with van der Waals surface area (Å²) in [4.78, 5) is 0. The zero-order chi connectivity index (χ0) is 13.8. The molecular formula is C15H13BrF2O. The molecule has 0 aliphatic rings. The van der Waals surface area contributed by atoms with E-state index in [0.29, 0.717) is 12.0 Å². The van der Waals surface area contributed by atoms with Crippen LogP contribution in [0.1, 0.15) is 11.1 Å². The van der Waals surface area contributed by atoms with Crippen molar-refractivity contribution >= 4 is 15.9 Å². The predicted octanol–water partition coefficient (Wildman–Crippen LogP) is 3.87. The zero-order valence-electron chi connectivity index (χ0n) is 10.1. The van der Waals surface area contributed by atoms with E-state index in [9.17, 15) is 13.9 Å². The highest BCUT2D eigenvalue weighted by Crippen LogP contribution is 2.16. The summed E-state index contributed by atoms with van der Waals surface area (Å²) in [6, 6.07) is 10.9. The average Bonchev–Trinajstić information content (AvgIpc) is 2.26. The van der Waals surface area contributed by atoms with Crippen LogP contribution in [0.15, 0.2) is 46.9 Å². The maximum absolute atomic E-state index is 13.0. The van der Waals surface area contributed by atoms with Gasteiger partial charge >= 0.3 is 0 Å². The largest absolute Gasteiger partial charge is 0.392 e. The van der Waals surface area contributed by atoms with Crippen molar-refractivity contribution < 1.29 is 13.9 Å². The molecule has 0 saturated heterocycles. The summed E-state index contributed by atoms with van der Waals surface area (Å²) < 4.78 is 27.0. The maximum Gasteiger partial charge on any atom is 0.126 e. The van der Waals surface area contributed by atoms with Gasteiger partial charge in [-0.2, -0.15) is 0 Å². The van der Waals surface area contributed by atoms with Crippen molar-refractivity contribution in [2.75, 3.05) is 0 Å². The quantitative estimate of drug-likeness (QED) is 0.904. The highest BCUT2D eigenvalue weighted by molar-refractivity contribution is 9.10. The lowest BCUT2D eigenvalue weighted by molar-refractivity contribution is 0.175. The van der Waals surface area contributed by atoms with E-state index in [4.69, 9.17) is 0 Å². The van der Waals surface area contributed by atoms with E-state index in [1.807, 2.05) is 24.3 Å². The Morgan fingerprint density at radius 1 is 0.947 bits per heavy atom. The van der Waals surface area contributed by atoms with Gasteiger partial charge in [-0.1, -0.05) is 28.1 Å². The van der Waals surface area contributed by atoms with Crippen molar-refractivity contribution in [2.24, 2.45) is 0 Å². The number of aliphatic hydroxyl groups excluding tert-OH is 1. The van der Waals surface area contributed by atoms with Crippen LogP contribution in [0, 0.1) is 11.6 Å². The summed E-state index contributed by atoms with van der Waals surface area (Å²) in [5, 5.41) is 9.97. The molecule has 2 aromatic rings. The Morgan fingerprint density at radius 2 is 1.58 bits per heavy atom. The van der Waals surface area contributed by atoms with Gasteiger partial charge < -0.3 is 5.11 Å². The van der Waals surface area contributed by atoms with E-state index in [1.54, 1.807) is 0 Å². The second-order valence-corrected chi connectivity index (χ2v) is 5.39. The molecule has 0 aromatic heterocycles. The monoisotopic (exact) mass is 326 g/mol. The Morgan fingerprint density at radius 3 is 2.21 bits per heavy atom. The van der Waals surface area contributed by atoms with E-state index < -0.39 is 17.7 Å². The first kappa shape index (κ1) is 14.2. The molecule has 0 aliphatic carbocycles. The minimum atomic E-state index is -0.671. The maximum atomic E-state index is 13.0. The molecule has 1 nitrogen and oxygen atoms in total. The molecule has 100 valence electrons. The number of hydrogen-bond acceptors (Lipinski definition) is 1. The standard InChI is InChI=1S/C15H13BrF2O/c16-12-3-1-2-10(4-12)7-15(19)8-11-5-13(17)9-14(18)6-11/h1-6,9,15,19H,7-8H2. The molecule has 1 atom stereocenters. The molecule has 0 aliphatic heterocycles. The average molecular weight is 327 g/mol. The van der Waals surface area contributed by atoms with Crippen molar-refractivity contribution in [3.63, 3.8) is 0 Å². The molecule has 0 fully saturated rings. The van der Waals surface area contributed by atoms with Crippen molar-refractivity contribution in [1.29, 1.82) is 0 Å². The summed E-state index contributed by atoms with van der Waals surface area (Å²) in [5.74, 6) is -1.24. The molecule has 2 rings (SSSR count). The fourth-order valence-corrected chi connectivity index (χ4v) is 2.46. The van der Waals surface area contributed by atoms with Gasteiger partial charge in [0.15, 0.2) is 0 Å². The van der Waals surface area contributed by atoms with Gasteiger partial charge in [-0.3, -0.25) is 0 Å². The first-order valence-electron chi connectivity index (χ1n) is 5.90. The normalized spacial score (nSPS) is 12.4. The van der Waals surface area contributed by atoms with Gasteiger partial charge in [-0.05, 0) is 48.2 Å².